The average Bonchev–Trinajstić information content (AvgIpc) is 3.20. The fraction of sp³-hybridized carbons (Fsp3) is 0.476. The first kappa shape index (κ1) is 20.2. The number of guanidine groups is 1. The number of para-hydroxylation sites is 1. The maximum Gasteiger partial charge on any atom is 0.191 e. The Morgan fingerprint density at radius 2 is 2.25 bits per heavy atom. The van der Waals surface area contributed by atoms with Crippen LogP contribution in [0.2, 0.25) is 0 Å². The zero-order valence-electron chi connectivity index (χ0n) is 16.6. The molecule has 1 aromatic heterocycles. The van der Waals surface area contributed by atoms with Crippen molar-refractivity contribution in [3.63, 3.8) is 0 Å². The van der Waals surface area contributed by atoms with E-state index in [0.29, 0.717) is 12.6 Å². The van der Waals surface area contributed by atoms with Crippen molar-refractivity contribution in [1.82, 2.24) is 15.6 Å². The number of aliphatic imine (C=N–C) groups is 1. The van der Waals surface area contributed by atoms with Crippen molar-refractivity contribution in [3.05, 3.63) is 45.9 Å². The minimum Gasteiger partial charge on any atom is -0.368 e. The highest BCUT2D eigenvalue weighted by Gasteiger charge is 2.22. The van der Waals surface area contributed by atoms with Crippen LogP contribution in [0, 0.1) is 11.3 Å². The van der Waals surface area contributed by atoms with Gasteiger partial charge in [0, 0.05) is 31.1 Å². The molecule has 1 unspecified atom stereocenters. The van der Waals surface area contributed by atoms with Crippen molar-refractivity contribution >= 4 is 23.0 Å². The van der Waals surface area contributed by atoms with E-state index in [0.717, 1.165) is 66.8 Å². The van der Waals surface area contributed by atoms with Crippen LogP contribution < -0.4 is 15.5 Å². The third kappa shape index (κ3) is 5.23. The van der Waals surface area contributed by atoms with Crippen LogP contribution in [0.5, 0.6) is 0 Å². The quantitative estimate of drug-likeness (QED) is 0.579. The van der Waals surface area contributed by atoms with Crippen molar-refractivity contribution in [2.45, 2.75) is 45.7 Å². The summed E-state index contributed by atoms with van der Waals surface area (Å²) in [6, 6.07) is 10.4. The molecule has 7 heteroatoms. The van der Waals surface area contributed by atoms with Crippen molar-refractivity contribution in [1.29, 1.82) is 5.26 Å². The maximum absolute atomic E-state index is 9.40. The number of benzene rings is 1. The molecule has 0 spiro atoms. The zero-order chi connectivity index (χ0) is 19.8. The van der Waals surface area contributed by atoms with E-state index in [-0.39, 0.29) is 0 Å². The summed E-state index contributed by atoms with van der Waals surface area (Å²) in [4.78, 5) is 11.6. The van der Waals surface area contributed by atoms with E-state index < -0.39 is 0 Å². The number of anilines is 1. The summed E-state index contributed by atoms with van der Waals surface area (Å²) in [5, 5.41) is 19.6. The summed E-state index contributed by atoms with van der Waals surface area (Å²) in [7, 11) is 0. The van der Waals surface area contributed by atoms with Gasteiger partial charge in [0.1, 0.15) is 6.07 Å². The topological polar surface area (TPSA) is 76.3 Å². The molecule has 0 bridgehead atoms. The first-order chi connectivity index (χ1) is 13.7. The highest BCUT2D eigenvalue weighted by atomic mass is 32.1. The standard InChI is InChI=1S/C21H28N6S/c1-3-20-25-18(15-28-20)13-24-21(23-4-2)26-17-9-7-11-27(14-17)19-10-6-5-8-16(19)12-22/h5-6,8,10,15,17H,3-4,7,9,11,13-14H2,1-2H3,(H2,23,24,26). The first-order valence-electron chi connectivity index (χ1n) is 9.95. The molecule has 1 atom stereocenters. The Balaban J connectivity index is 1.65. The van der Waals surface area contributed by atoms with E-state index in [1.54, 1.807) is 11.3 Å². The Morgan fingerprint density at radius 3 is 3.00 bits per heavy atom. The molecule has 6 nitrogen and oxygen atoms in total. The fourth-order valence-corrected chi connectivity index (χ4v) is 4.15. The maximum atomic E-state index is 9.40. The van der Waals surface area contributed by atoms with Crippen molar-refractivity contribution < 1.29 is 0 Å². The molecule has 148 valence electrons. The second-order valence-corrected chi connectivity index (χ2v) is 7.78. The highest BCUT2D eigenvalue weighted by molar-refractivity contribution is 7.09. The zero-order valence-corrected chi connectivity index (χ0v) is 17.4. The van der Waals surface area contributed by atoms with Gasteiger partial charge in [-0.2, -0.15) is 5.26 Å². The van der Waals surface area contributed by atoms with Crippen molar-refractivity contribution in [3.8, 4) is 6.07 Å². The second-order valence-electron chi connectivity index (χ2n) is 6.84. The van der Waals surface area contributed by atoms with E-state index in [9.17, 15) is 5.26 Å². The van der Waals surface area contributed by atoms with Gasteiger partial charge in [0.15, 0.2) is 5.96 Å². The number of aromatic nitrogens is 1. The largest absolute Gasteiger partial charge is 0.368 e. The molecular formula is C21H28N6S. The number of hydrogen-bond acceptors (Lipinski definition) is 5. The molecular weight excluding hydrogens is 368 g/mol. The number of piperidine rings is 1. The normalized spacial score (nSPS) is 17.2. The van der Waals surface area contributed by atoms with Gasteiger partial charge in [0.25, 0.3) is 0 Å². The van der Waals surface area contributed by atoms with E-state index >= 15 is 0 Å². The van der Waals surface area contributed by atoms with Crippen LogP contribution in [0.4, 0.5) is 5.69 Å². The molecule has 1 aliphatic heterocycles. The fourth-order valence-electron chi connectivity index (χ4n) is 3.42. The van der Waals surface area contributed by atoms with Gasteiger partial charge in [-0.15, -0.1) is 11.3 Å². The lowest BCUT2D eigenvalue weighted by Gasteiger charge is -2.35. The van der Waals surface area contributed by atoms with Crippen LogP contribution in [0.1, 0.15) is 43.0 Å². The SMILES string of the molecule is CCNC(=NCc1csc(CC)n1)NC1CCCN(c2ccccc2C#N)C1. The van der Waals surface area contributed by atoms with Gasteiger partial charge >= 0.3 is 0 Å². The number of aryl methyl sites for hydroxylation is 1. The van der Waals surface area contributed by atoms with Crippen LogP contribution in [0.3, 0.4) is 0 Å². The second kappa shape index (κ2) is 10.1. The highest BCUT2D eigenvalue weighted by Crippen LogP contribution is 2.23. The van der Waals surface area contributed by atoms with Crippen LogP contribution >= 0.6 is 11.3 Å². The number of rotatable bonds is 6. The molecule has 3 rings (SSSR count). The Morgan fingerprint density at radius 1 is 1.39 bits per heavy atom. The number of nitriles is 1. The summed E-state index contributed by atoms with van der Waals surface area (Å²) < 4.78 is 0. The lowest BCUT2D eigenvalue weighted by atomic mass is 10.0. The third-order valence-corrected chi connectivity index (χ3v) is 5.81. The monoisotopic (exact) mass is 396 g/mol. The van der Waals surface area contributed by atoms with Crippen molar-refractivity contribution in [2.24, 2.45) is 4.99 Å². The lowest BCUT2D eigenvalue weighted by molar-refractivity contribution is 0.468. The molecule has 1 saturated heterocycles. The first-order valence-corrected chi connectivity index (χ1v) is 10.8. The lowest BCUT2D eigenvalue weighted by Crippen LogP contribution is -2.51. The van der Waals surface area contributed by atoms with E-state index in [4.69, 9.17) is 4.99 Å². The van der Waals surface area contributed by atoms with Gasteiger partial charge in [0.2, 0.25) is 0 Å². The summed E-state index contributed by atoms with van der Waals surface area (Å²) in [5.41, 5.74) is 2.78. The van der Waals surface area contributed by atoms with E-state index in [2.05, 4.69) is 45.8 Å². The Kier molecular flexibility index (Phi) is 7.26. The van der Waals surface area contributed by atoms with Gasteiger partial charge in [-0.1, -0.05) is 19.1 Å². The molecule has 2 aromatic rings. The smallest absolute Gasteiger partial charge is 0.191 e. The summed E-state index contributed by atoms with van der Waals surface area (Å²) in [6.45, 7) is 7.43. The Bertz CT molecular complexity index is 837. The molecule has 0 amide bonds. The van der Waals surface area contributed by atoms with Crippen LogP contribution in [-0.2, 0) is 13.0 Å². The minimum atomic E-state index is 0.292. The molecule has 2 heterocycles. The van der Waals surface area contributed by atoms with Crippen LogP contribution in [-0.4, -0.2) is 36.6 Å². The summed E-state index contributed by atoms with van der Waals surface area (Å²) >= 11 is 1.70. The predicted octanol–water partition coefficient (Wildman–Crippen LogP) is 3.30. The number of thiazole rings is 1. The number of nitrogens with one attached hydrogen (secondary N) is 2. The Labute approximate surface area is 171 Å². The predicted molar refractivity (Wildman–Crippen MR) is 116 cm³/mol. The van der Waals surface area contributed by atoms with E-state index in [1.165, 1.54) is 0 Å². The van der Waals surface area contributed by atoms with Gasteiger partial charge in [-0.3, -0.25) is 0 Å². The van der Waals surface area contributed by atoms with Crippen LogP contribution in [0.15, 0.2) is 34.6 Å². The van der Waals surface area contributed by atoms with Gasteiger partial charge in [-0.05, 0) is 38.3 Å². The molecule has 0 aliphatic carbocycles. The molecule has 0 saturated carbocycles. The average molecular weight is 397 g/mol. The van der Waals surface area contributed by atoms with E-state index in [1.807, 2.05) is 24.3 Å². The van der Waals surface area contributed by atoms with Gasteiger partial charge < -0.3 is 15.5 Å². The van der Waals surface area contributed by atoms with Gasteiger partial charge in [0.05, 0.1) is 28.5 Å². The van der Waals surface area contributed by atoms with Gasteiger partial charge in [-0.25, -0.2) is 9.98 Å². The molecule has 1 aromatic carbocycles. The molecule has 1 aliphatic rings. The molecule has 1 fully saturated rings. The summed E-state index contributed by atoms with van der Waals surface area (Å²) in [5.74, 6) is 0.828. The van der Waals surface area contributed by atoms with Crippen molar-refractivity contribution in [2.75, 3.05) is 24.5 Å². The molecule has 0 radical (unpaired) electrons. The third-order valence-electron chi connectivity index (χ3n) is 4.77. The number of nitrogens with zero attached hydrogens (tertiary/aromatic N) is 4. The molecule has 28 heavy (non-hydrogen) atoms. The molecule has 2 N–H and O–H groups in total. The number of hydrogen-bond donors (Lipinski definition) is 2. The van der Waals surface area contributed by atoms with Crippen LogP contribution in [0.25, 0.3) is 0 Å². The minimum absolute atomic E-state index is 0.292. The Hall–Kier alpha value is -2.59. The summed E-state index contributed by atoms with van der Waals surface area (Å²) in [6.07, 6.45) is 3.14.